The van der Waals surface area contributed by atoms with Gasteiger partial charge in [0.1, 0.15) is 0 Å². The minimum Gasteiger partial charge on any atom is -0.366 e. The van der Waals surface area contributed by atoms with Gasteiger partial charge in [-0.3, -0.25) is 15.1 Å². The van der Waals surface area contributed by atoms with E-state index in [9.17, 15) is 10.1 Å². The molecule has 0 radical (unpaired) electrons. The molecule has 1 aliphatic heterocycles. The Balaban J connectivity index is 2.16. The summed E-state index contributed by atoms with van der Waals surface area (Å²) < 4.78 is 0. The fourth-order valence-corrected chi connectivity index (χ4v) is 3.94. The Labute approximate surface area is 127 Å². The SMILES string of the molecule is C[C@@H]1[C@@H](C)SCCN1c1ccc([N+](=O)[O-])c2cnccc12. The molecular weight excluding hydrogens is 286 g/mol. The van der Waals surface area contributed by atoms with E-state index < -0.39 is 0 Å². The zero-order valence-electron chi connectivity index (χ0n) is 12.0. The van der Waals surface area contributed by atoms with Crippen molar-refractivity contribution in [2.45, 2.75) is 25.1 Å². The number of aromatic nitrogens is 1. The van der Waals surface area contributed by atoms with E-state index in [-0.39, 0.29) is 10.6 Å². The first-order chi connectivity index (χ1) is 10.1. The van der Waals surface area contributed by atoms with Crippen LogP contribution in [0.2, 0.25) is 0 Å². The molecule has 110 valence electrons. The van der Waals surface area contributed by atoms with E-state index in [1.807, 2.05) is 23.9 Å². The molecule has 3 rings (SSSR count). The van der Waals surface area contributed by atoms with Gasteiger partial charge in [-0.2, -0.15) is 11.8 Å². The van der Waals surface area contributed by atoms with Crippen LogP contribution >= 0.6 is 11.8 Å². The van der Waals surface area contributed by atoms with E-state index >= 15 is 0 Å². The summed E-state index contributed by atoms with van der Waals surface area (Å²) in [6.45, 7) is 5.41. The maximum Gasteiger partial charge on any atom is 0.278 e. The first-order valence-corrected chi connectivity index (χ1v) is 8.04. The highest BCUT2D eigenvalue weighted by Gasteiger charge is 2.27. The summed E-state index contributed by atoms with van der Waals surface area (Å²) in [7, 11) is 0. The number of non-ortho nitro benzene ring substituents is 1. The molecule has 1 aromatic carbocycles. The lowest BCUT2D eigenvalue weighted by Gasteiger charge is -2.39. The first-order valence-electron chi connectivity index (χ1n) is 6.99. The third-order valence-corrected chi connectivity index (χ3v) is 5.50. The van der Waals surface area contributed by atoms with Crippen molar-refractivity contribution in [1.82, 2.24) is 4.98 Å². The minimum atomic E-state index is -0.341. The minimum absolute atomic E-state index is 0.119. The molecule has 1 aromatic heterocycles. The lowest BCUT2D eigenvalue weighted by molar-refractivity contribution is -0.383. The fraction of sp³-hybridized carbons (Fsp3) is 0.400. The Morgan fingerprint density at radius 3 is 2.90 bits per heavy atom. The van der Waals surface area contributed by atoms with Crippen molar-refractivity contribution in [2.75, 3.05) is 17.2 Å². The number of fused-ring (bicyclic) bond motifs is 1. The third-order valence-electron chi connectivity index (χ3n) is 4.16. The Hall–Kier alpha value is -1.82. The Bertz CT molecular complexity index is 692. The second kappa shape index (κ2) is 5.52. The molecule has 0 bridgehead atoms. The largest absolute Gasteiger partial charge is 0.366 e. The van der Waals surface area contributed by atoms with Gasteiger partial charge < -0.3 is 4.90 Å². The Morgan fingerprint density at radius 2 is 2.14 bits per heavy atom. The van der Waals surface area contributed by atoms with Crippen molar-refractivity contribution < 1.29 is 4.92 Å². The molecule has 21 heavy (non-hydrogen) atoms. The average Bonchev–Trinajstić information content (AvgIpc) is 2.49. The second-order valence-electron chi connectivity index (χ2n) is 5.29. The number of benzene rings is 1. The van der Waals surface area contributed by atoms with E-state index in [2.05, 4.69) is 23.7 Å². The van der Waals surface area contributed by atoms with Gasteiger partial charge in [-0.1, -0.05) is 6.92 Å². The molecule has 2 atom stereocenters. The highest BCUT2D eigenvalue weighted by molar-refractivity contribution is 8.00. The maximum atomic E-state index is 11.2. The van der Waals surface area contributed by atoms with Crippen LogP contribution in [-0.2, 0) is 0 Å². The van der Waals surface area contributed by atoms with Gasteiger partial charge in [-0.15, -0.1) is 0 Å². The van der Waals surface area contributed by atoms with Crippen LogP contribution in [-0.4, -0.2) is 33.5 Å². The molecule has 6 heteroatoms. The van der Waals surface area contributed by atoms with E-state index in [0.717, 1.165) is 23.4 Å². The molecule has 0 aliphatic carbocycles. The van der Waals surface area contributed by atoms with Gasteiger partial charge in [0.25, 0.3) is 5.69 Å². The van der Waals surface area contributed by atoms with Crippen LogP contribution in [0.3, 0.4) is 0 Å². The quantitative estimate of drug-likeness (QED) is 0.628. The summed E-state index contributed by atoms with van der Waals surface area (Å²) in [5.41, 5.74) is 1.19. The number of nitrogens with zero attached hydrogens (tertiary/aromatic N) is 3. The van der Waals surface area contributed by atoms with Crippen molar-refractivity contribution in [3.8, 4) is 0 Å². The number of hydrogen-bond donors (Lipinski definition) is 0. The van der Waals surface area contributed by atoms with Crippen LogP contribution in [0.25, 0.3) is 10.8 Å². The van der Waals surface area contributed by atoms with Crippen LogP contribution in [0.5, 0.6) is 0 Å². The van der Waals surface area contributed by atoms with E-state index in [1.165, 1.54) is 0 Å². The molecular formula is C15H17N3O2S. The maximum absolute atomic E-state index is 11.2. The van der Waals surface area contributed by atoms with Crippen molar-refractivity contribution in [2.24, 2.45) is 0 Å². The first kappa shape index (κ1) is 14.1. The second-order valence-corrected chi connectivity index (χ2v) is 6.78. The smallest absolute Gasteiger partial charge is 0.278 e. The lowest BCUT2D eigenvalue weighted by atomic mass is 10.1. The monoisotopic (exact) mass is 303 g/mol. The number of hydrogen-bond acceptors (Lipinski definition) is 5. The average molecular weight is 303 g/mol. The van der Waals surface area contributed by atoms with Gasteiger partial charge in [-0.05, 0) is 19.1 Å². The predicted molar refractivity (Wildman–Crippen MR) is 87.1 cm³/mol. The van der Waals surface area contributed by atoms with Crippen molar-refractivity contribution in [3.63, 3.8) is 0 Å². The molecule has 1 aliphatic rings. The molecule has 0 spiro atoms. The summed E-state index contributed by atoms with van der Waals surface area (Å²) in [5, 5.41) is 13.2. The summed E-state index contributed by atoms with van der Waals surface area (Å²) in [6, 6.07) is 5.75. The topological polar surface area (TPSA) is 59.3 Å². The molecule has 5 nitrogen and oxygen atoms in total. The molecule has 1 saturated heterocycles. The van der Waals surface area contributed by atoms with Crippen LogP contribution in [0.4, 0.5) is 11.4 Å². The van der Waals surface area contributed by atoms with Gasteiger partial charge >= 0.3 is 0 Å². The van der Waals surface area contributed by atoms with Gasteiger partial charge in [-0.25, -0.2) is 0 Å². The summed E-state index contributed by atoms with van der Waals surface area (Å²) in [5.74, 6) is 1.08. The molecule has 1 fully saturated rings. The highest BCUT2D eigenvalue weighted by atomic mass is 32.2. The van der Waals surface area contributed by atoms with Crippen molar-refractivity contribution in [3.05, 3.63) is 40.7 Å². The van der Waals surface area contributed by atoms with Crippen LogP contribution < -0.4 is 4.90 Å². The molecule has 0 unspecified atom stereocenters. The summed E-state index contributed by atoms with van der Waals surface area (Å²) >= 11 is 1.98. The van der Waals surface area contributed by atoms with Crippen LogP contribution in [0.15, 0.2) is 30.6 Å². The number of anilines is 1. The van der Waals surface area contributed by atoms with E-state index in [4.69, 9.17) is 0 Å². The molecule has 2 heterocycles. The Morgan fingerprint density at radius 1 is 1.33 bits per heavy atom. The molecule has 0 N–H and O–H groups in total. The van der Waals surface area contributed by atoms with Crippen molar-refractivity contribution >= 4 is 33.9 Å². The summed E-state index contributed by atoms with van der Waals surface area (Å²) in [4.78, 5) is 17.2. The normalized spacial score (nSPS) is 22.5. The van der Waals surface area contributed by atoms with Gasteiger partial charge in [0, 0.05) is 53.1 Å². The van der Waals surface area contributed by atoms with Crippen LogP contribution in [0, 0.1) is 10.1 Å². The van der Waals surface area contributed by atoms with Gasteiger partial charge in [0.2, 0.25) is 0 Å². The van der Waals surface area contributed by atoms with Crippen molar-refractivity contribution in [1.29, 1.82) is 0 Å². The number of pyridine rings is 1. The Kier molecular flexibility index (Phi) is 3.71. The number of thioether (sulfide) groups is 1. The van der Waals surface area contributed by atoms with Gasteiger partial charge in [0.15, 0.2) is 0 Å². The highest BCUT2D eigenvalue weighted by Crippen LogP contribution is 2.36. The zero-order valence-corrected chi connectivity index (χ0v) is 12.8. The van der Waals surface area contributed by atoms with E-state index in [0.29, 0.717) is 16.7 Å². The number of nitro benzene ring substituents is 1. The molecule has 0 saturated carbocycles. The van der Waals surface area contributed by atoms with E-state index in [1.54, 1.807) is 18.5 Å². The lowest BCUT2D eigenvalue weighted by Crippen LogP contribution is -2.44. The number of nitro groups is 1. The third kappa shape index (κ3) is 2.44. The van der Waals surface area contributed by atoms with Crippen LogP contribution in [0.1, 0.15) is 13.8 Å². The predicted octanol–water partition coefficient (Wildman–Crippen LogP) is 3.47. The molecule has 0 amide bonds. The molecule has 2 aromatic rings. The van der Waals surface area contributed by atoms with Gasteiger partial charge in [0.05, 0.1) is 10.3 Å². The number of rotatable bonds is 2. The summed E-state index contributed by atoms with van der Waals surface area (Å²) in [6.07, 6.45) is 3.28. The fourth-order valence-electron chi connectivity index (χ4n) is 2.84. The standard InChI is InChI=1S/C15H17N3O2S/c1-10-11(2)21-8-7-17(10)14-3-4-15(18(19)20)13-9-16-6-5-12(13)14/h3-6,9-11H,7-8H2,1-2H3/t10-,11-/m1/s1. The zero-order chi connectivity index (χ0) is 15.0.